The summed E-state index contributed by atoms with van der Waals surface area (Å²) >= 11 is 5.71. The normalized spacial score (nSPS) is 12.2. The van der Waals surface area contributed by atoms with Gasteiger partial charge in [-0.2, -0.15) is 0 Å². The molecule has 1 N–H and O–H groups in total. The minimum Gasteiger partial charge on any atom is -0.384 e. The lowest BCUT2D eigenvalue weighted by Crippen LogP contribution is -2.01. The highest BCUT2D eigenvalue weighted by Crippen LogP contribution is 2.21. The van der Waals surface area contributed by atoms with E-state index in [2.05, 4.69) is 6.58 Å². The van der Waals surface area contributed by atoms with Gasteiger partial charge in [0.1, 0.15) is 12.4 Å². The Bertz CT molecular complexity index is 333. The van der Waals surface area contributed by atoms with E-state index >= 15 is 0 Å². The van der Waals surface area contributed by atoms with Gasteiger partial charge in [0, 0.05) is 10.6 Å². The minimum atomic E-state index is -0.962. The van der Waals surface area contributed by atoms with Crippen LogP contribution in [0.15, 0.2) is 36.4 Å². The summed E-state index contributed by atoms with van der Waals surface area (Å²) in [5, 5.41) is 10.0. The largest absolute Gasteiger partial charge is 0.384 e. The van der Waals surface area contributed by atoms with Crippen molar-refractivity contribution in [3.05, 3.63) is 47.0 Å². The number of benzene rings is 1. The second-order valence-electron chi connectivity index (χ2n) is 2.65. The molecule has 1 aromatic rings. The van der Waals surface area contributed by atoms with E-state index in [-0.39, 0.29) is 5.57 Å². The van der Waals surface area contributed by atoms with Crippen LogP contribution in [-0.4, -0.2) is 11.4 Å². The van der Waals surface area contributed by atoms with Crippen LogP contribution in [0.5, 0.6) is 0 Å². The molecule has 0 aliphatic carbocycles. The van der Waals surface area contributed by atoms with Crippen molar-refractivity contribution in [2.45, 2.75) is 6.10 Å². The average molecular weight is 197 g/mol. The van der Waals surface area contributed by atoms with Crippen molar-refractivity contribution in [2.75, 3.05) is 0 Å². The third kappa shape index (κ3) is 2.41. The molecule has 13 heavy (non-hydrogen) atoms. The quantitative estimate of drug-likeness (QED) is 0.594. The summed E-state index contributed by atoms with van der Waals surface area (Å²) in [5.74, 6) is 0. The first-order chi connectivity index (χ1) is 6.15. The lowest BCUT2D eigenvalue weighted by molar-refractivity contribution is -0.105. The second-order valence-corrected chi connectivity index (χ2v) is 3.09. The van der Waals surface area contributed by atoms with Gasteiger partial charge in [-0.1, -0.05) is 30.3 Å². The van der Waals surface area contributed by atoms with Gasteiger partial charge in [-0.3, -0.25) is 4.79 Å². The number of aliphatic hydroxyl groups is 1. The van der Waals surface area contributed by atoms with Gasteiger partial charge in [0.2, 0.25) is 0 Å². The van der Waals surface area contributed by atoms with Crippen LogP contribution in [0.3, 0.4) is 0 Å². The summed E-state index contributed by atoms with van der Waals surface area (Å²) in [6.45, 7) is 3.42. The maximum absolute atomic E-state index is 10.3. The van der Waals surface area contributed by atoms with Gasteiger partial charge in [0.25, 0.3) is 0 Å². The maximum Gasteiger partial charge on any atom is 0.148 e. The van der Waals surface area contributed by atoms with Crippen molar-refractivity contribution in [1.82, 2.24) is 0 Å². The lowest BCUT2D eigenvalue weighted by Gasteiger charge is -2.09. The van der Waals surface area contributed by atoms with Crippen molar-refractivity contribution in [3.63, 3.8) is 0 Å². The van der Waals surface area contributed by atoms with Crippen LogP contribution in [-0.2, 0) is 4.79 Å². The fourth-order valence-electron chi connectivity index (χ4n) is 0.955. The van der Waals surface area contributed by atoms with Crippen LogP contribution in [0.2, 0.25) is 5.02 Å². The summed E-state index contributed by atoms with van der Waals surface area (Å²) in [7, 11) is 0. The van der Waals surface area contributed by atoms with Crippen LogP contribution in [0.1, 0.15) is 11.7 Å². The van der Waals surface area contributed by atoms with E-state index in [1.807, 2.05) is 0 Å². The second kappa shape index (κ2) is 4.21. The Morgan fingerprint density at radius 2 is 2.31 bits per heavy atom. The van der Waals surface area contributed by atoms with Gasteiger partial charge in [-0.05, 0) is 17.7 Å². The molecule has 0 saturated heterocycles. The summed E-state index contributed by atoms with van der Waals surface area (Å²) < 4.78 is 0. The van der Waals surface area contributed by atoms with Crippen LogP contribution in [0.4, 0.5) is 0 Å². The number of hydrogen-bond donors (Lipinski definition) is 1. The standard InChI is InChI=1S/C10H9ClO2/c1-7(6-12)10(13)8-3-2-4-9(11)5-8/h2-6,10,13H,1H2/t10-/m1/s1. The van der Waals surface area contributed by atoms with Gasteiger partial charge < -0.3 is 5.11 Å². The number of rotatable bonds is 3. The number of halogens is 1. The molecule has 68 valence electrons. The van der Waals surface area contributed by atoms with Gasteiger partial charge >= 0.3 is 0 Å². The molecule has 0 fully saturated rings. The molecule has 0 bridgehead atoms. The molecule has 2 nitrogen and oxygen atoms in total. The molecule has 1 rings (SSSR count). The molecule has 0 aliphatic heterocycles. The zero-order chi connectivity index (χ0) is 9.84. The van der Waals surface area contributed by atoms with Gasteiger partial charge in [0.05, 0.1) is 0 Å². The summed E-state index contributed by atoms with van der Waals surface area (Å²) in [4.78, 5) is 10.3. The first-order valence-electron chi connectivity index (χ1n) is 3.72. The van der Waals surface area contributed by atoms with Crippen molar-refractivity contribution >= 4 is 17.9 Å². The van der Waals surface area contributed by atoms with Crippen LogP contribution < -0.4 is 0 Å². The third-order valence-corrected chi connectivity index (χ3v) is 1.90. The highest BCUT2D eigenvalue weighted by Gasteiger charge is 2.10. The monoisotopic (exact) mass is 196 g/mol. The van der Waals surface area contributed by atoms with Crippen LogP contribution >= 0.6 is 11.6 Å². The summed E-state index contributed by atoms with van der Waals surface area (Å²) in [6, 6.07) is 6.69. The Balaban J connectivity index is 2.94. The average Bonchev–Trinajstić information content (AvgIpc) is 2.15. The predicted octanol–water partition coefficient (Wildman–Crippen LogP) is 2.13. The molecule has 0 heterocycles. The summed E-state index contributed by atoms with van der Waals surface area (Å²) in [6.07, 6.45) is -0.429. The molecule has 0 saturated carbocycles. The molecule has 0 aromatic heterocycles. The number of carbonyl (C=O) groups excluding carboxylic acids is 1. The van der Waals surface area contributed by atoms with E-state index in [1.165, 1.54) is 0 Å². The zero-order valence-corrected chi connectivity index (χ0v) is 7.66. The smallest absolute Gasteiger partial charge is 0.148 e. The Morgan fingerprint density at radius 3 is 2.85 bits per heavy atom. The highest BCUT2D eigenvalue weighted by atomic mass is 35.5. The number of aldehydes is 1. The molecule has 1 aromatic carbocycles. The molecule has 1 atom stereocenters. The molecule has 0 aliphatic rings. The third-order valence-electron chi connectivity index (χ3n) is 1.67. The molecular formula is C10H9ClO2. The number of carbonyl (C=O) groups is 1. The van der Waals surface area contributed by atoms with E-state index in [0.29, 0.717) is 16.9 Å². The zero-order valence-electron chi connectivity index (χ0n) is 6.90. The van der Waals surface area contributed by atoms with E-state index in [0.717, 1.165) is 0 Å². The molecule has 0 amide bonds. The highest BCUT2D eigenvalue weighted by molar-refractivity contribution is 6.30. The molecule has 3 heteroatoms. The SMILES string of the molecule is C=C(C=O)[C@@H](O)c1cccc(Cl)c1. The number of aliphatic hydroxyl groups excluding tert-OH is 1. The predicted molar refractivity (Wildman–Crippen MR) is 51.6 cm³/mol. The topological polar surface area (TPSA) is 37.3 Å². The van der Waals surface area contributed by atoms with Crippen molar-refractivity contribution in [2.24, 2.45) is 0 Å². The van der Waals surface area contributed by atoms with Crippen LogP contribution in [0.25, 0.3) is 0 Å². The Kier molecular flexibility index (Phi) is 3.23. The Hall–Kier alpha value is -1.12. The van der Waals surface area contributed by atoms with Crippen molar-refractivity contribution < 1.29 is 9.90 Å². The van der Waals surface area contributed by atoms with Crippen molar-refractivity contribution in [1.29, 1.82) is 0 Å². The molecule has 0 unspecified atom stereocenters. The molecule has 0 radical (unpaired) electrons. The first kappa shape index (κ1) is 9.96. The molecule has 0 spiro atoms. The minimum absolute atomic E-state index is 0.127. The van der Waals surface area contributed by atoms with E-state index in [1.54, 1.807) is 24.3 Å². The maximum atomic E-state index is 10.3. The first-order valence-corrected chi connectivity index (χ1v) is 4.10. The van der Waals surface area contributed by atoms with Gasteiger partial charge in [-0.25, -0.2) is 0 Å². The van der Waals surface area contributed by atoms with Gasteiger partial charge in [0.15, 0.2) is 0 Å². The Labute approximate surface area is 81.5 Å². The number of hydrogen-bond acceptors (Lipinski definition) is 2. The van der Waals surface area contributed by atoms with E-state index in [9.17, 15) is 9.90 Å². The van der Waals surface area contributed by atoms with Crippen molar-refractivity contribution in [3.8, 4) is 0 Å². The van der Waals surface area contributed by atoms with Crippen LogP contribution in [0, 0.1) is 0 Å². The fraction of sp³-hybridized carbons (Fsp3) is 0.100. The molecular weight excluding hydrogens is 188 g/mol. The Morgan fingerprint density at radius 1 is 1.62 bits per heavy atom. The van der Waals surface area contributed by atoms with E-state index in [4.69, 9.17) is 11.6 Å². The summed E-state index contributed by atoms with van der Waals surface area (Å²) in [5.41, 5.74) is 0.701. The van der Waals surface area contributed by atoms with Gasteiger partial charge in [-0.15, -0.1) is 0 Å². The fourth-order valence-corrected chi connectivity index (χ4v) is 1.15. The van der Waals surface area contributed by atoms with E-state index < -0.39 is 6.10 Å². The lowest BCUT2D eigenvalue weighted by atomic mass is 10.0.